The number of nitrogens with zero attached hydrogens (tertiary/aromatic N) is 1. The van der Waals surface area contributed by atoms with Crippen molar-refractivity contribution in [2.45, 2.75) is 44.3 Å². The van der Waals surface area contributed by atoms with Crippen LogP contribution in [-0.4, -0.2) is 36.7 Å². The van der Waals surface area contributed by atoms with Crippen molar-refractivity contribution in [1.29, 1.82) is 0 Å². The van der Waals surface area contributed by atoms with Crippen molar-refractivity contribution in [3.8, 4) is 0 Å². The van der Waals surface area contributed by atoms with E-state index < -0.39 is 0 Å². The van der Waals surface area contributed by atoms with Crippen LogP contribution >= 0.6 is 0 Å². The zero-order valence-electron chi connectivity index (χ0n) is 11.4. The predicted octanol–water partition coefficient (Wildman–Crippen LogP) is 2.00. The quantitative estimate of drug-likeness (QED) is 0.769. The number of ether oxygens (including phenoxy) is 1. The van der Waals surface area contributed by atoms with Gasteiger partial charge in [-0.15, -0.1) is 0 Å². The Morgan fingerprint density at radius 3 is 2.83 bits per heavy atom. The molecule has 0 saturated heterocycles. The van der Waals surface area contributed by atoms with E-state index in [0.717, 1.165) is 25.3 Å². The second-order valence-corrected chi connectivity index (χ2v) is 5.38. The Labute approximate surface area is 109 Å². The van der Waals surface area contributed by atoms with Gasteiger partial charge < -0.3 is 14.9 Å². The zero-order valence-corrected chi connectivity index (χ0v) is 11.4. The van der Waals surface area contributed by atoms with Crippen molar-refractivity contribution in [3.05, 3.63) is 24.2 Å². The maximum absolute atomic E-state index is 6.02. The molecule has 1 fully saturated rings. The van der Waals surface area contributed by atoms with Crippen molar-refractivity contribution in [2.24, 2.45) is 5.73 Å². The molecular formula is C14H24N2O2. The molecule has 1 saturated carbocycles. The normalized spacial score (nSPS) is 19.1. The van der Waals surface area contributed by atoms with Gasteiger partial charge in [0.15, 0.2) is 0 Å². The molecule has 0 aliphatic heterocycles. The molecule has 2 rings (SSSR count). The van der Waals surface area contributed by atoms with E-state index in [2.05, 4.69) is 11.8 Å². The number of furan rings is 1. The number of nitrogens with two attached hydrogens (primary N) is 1. The fourth-order valence-corrected chi connectivity index (χ4v) is 2.40. The highest BCUT2D eigenvalue weighted by Gasteiger charge is 2.40. The van der Waals surface area contributed by atoms with Gasteiger partial charge in [0.05, 0.1) is 12.8 Å². The molecule has 2 N–H and O–H groups in total. The van der Waals surface area contributed by atoms with Gasteiger partial charge in [-0.05, 0) is 38.3 Å². The summed E-state index contributed by atoms with van der Waals surface area (Å²) in [4.78, 5) is 2.49. The van der Waals surface area contributed by atoms with Crippen LogP contribution in [0.2, 0.25) is 0 Å². The molecule has 1 aliphatic carbocycles. The minimum absolute atomic E-state index is 0.00995. The smallest absolute Gasteiger partial charge is 0.117 e. The summed E-state index contributed by atoms with van der Waals surface area (Å²) < 4.78 is 10.7. The van der Waals surface area contributed by atoms with Gasteiger partial charge in [-0.2, -0.15) is 0 Å². The van der Waals surface area contributed by atoms with Gasteiger partial charge in [0.25, 0.3) is 0 Å². The summed E-state index contributed by atoms with van der Waals surface area (Å²) in [7, 11) is 1.74. The second kappa shape index (κ2) is 5.87. The Kier molecular flexibility index (Phi) is 4.43. The van der Waals surface area contributed by atoms with Crippen LogP contribution in [0, 0.1) is 0 Å². The SMILES string of the molecule is COCCC(C)(CN)N(Cc1ccco1)C1CC1. The van der Waals surface area contributed by atoms with Crippen LogP contribution in [0.25, 0.3) is 0 Å². The van der Waals surface area contributed by atoms with Crippen molar-refractivity contribution in [2.75, 3.05) is 20.3 Å². The highest BCUT2D eigenvalue weighted by Crippen LogP contribution is 2.35. The maximum atomic E-state index is 6.02. The fraction of sp³-hybridized carbons (Fsp3) is 0.714. The van der Waals surface area contributed by atoms with Crippen molar-refractivity contribution in [3.63, 3.8) is 0 Å². The lowest BCUT2D eigenvalue weighted by atomic mass is 9.95. The lowest BCUT2D eigenvalue weighted by molar-refractivity contribution is 0.0499. The molecule has 1 unspecified atom stereocenters. The summed E-state index contributed by atoms with van der Waals surface area (Å²) in [6, 6.07) is 4.62. The average molecular weight is 252 g/mol. The molecule has 1 aromatic rings. The maximum Gasteiger partial charge on any atom is 0.117 e. The number of rotatable bonds is 8. The highest BCUT2D eigenvalue weighted by molar-refractivity contribution is 5.03. The van der Waals surface area contributed by atoms with E-state index in [4.69, 9.17) is 14.9 Å². The largest absolute Gasteiger partial charge is 0.468 e. The lowest BCUT2D eigenvalue weighted by Crippen LogP contribution is -2.52. The van der Waals surface area contributed by atoms with Crippen LogP contribution in [0.1, 0.15) is 31.9 Å². The molecule has 0 spiro atoms. The van der Waals surface area contributed by atoms with E-state index in [1.54, 1.807) is 13.4 Å². The molecule has 0 bridgehead atoms. The third-order valence-corrected chi connectivity index (χ3v) is 3.87. The molecule has 1 atom stereocenters. The van der Waals surface area contributed by atoms with Crippen LogP contribution in [0.15, 0.2) is 22.8 Å². The third-order valence-electron chi connectivity index (χ3n) is 3.87. The summed E-state index contributed by atoms with van der Waals surface area (Å²) in [6.45, 7) is 4.46. The van der Waals surface area contributed by atoms with Crippen molar-refractivity contribution < 1.29 is 9.15 Å². The standard InChI is InChI=1S/C14H24N2O2/c1-14(11-15,7-9-17-2)16(12-5-6-12)10-13-4-3-8-18-13/h3-4,8,12H,5-7,9-11,15H2,1-2H3. The Hall–Kier alpha value is -0.840. The number of methoxy groups -OCH3 is 1. The first kappa shape index (κ1) is 13.6. The van der Waals surface area contributed by atoms with Gasteiger partial charge in [0.2, 0.25) is 0 Å². The fourth-order valence-electron chi connectivity index (χ4n) is 2.40. The Balaban J connectivity index is 2.06. The Morgan fingerprint density at radius 1 is 1.56 bits per heavy atom. The van der Waals surface area contributed by atoms with E-state index >= 15 is 0 Å². The average Bonchev–Trinajstić information content (AvgIpc) is 3.10. The molecule has 0 amide bonds. The van der Waals surface area contributed by atoms with Gasteiger partial charge in [-0.3, -0.25) is 4.90 Å². The summed E-state index contributed by atoms with van der Waals surface area (Å²) in [5.41, 5.74) is 6.01. The molecule has 0 aromatic carbocycles. The monoisotopic (exact) mass is 252 g/mol. The summed E-state index contributed by atoms with van der Waals surface area (Å²) in [6.07, 6.45) is 5.22. The minimum atomic E-state index is -0.00995. The van der Waals surface area contributed by atoms with E-state index in [1.807, 2.05) is 12.1 Å². The van der Waals surface area contributed by atoms with Gasteiger partial charge in [-0.25, -0.2) is 0 Å². The van der Waals surface area contributed by atoms with Crippen LogP contribution < -0.4 is 5.73 Å². The molecule has 1 heterocycles. The molecule has 102 valence electrons. The topological polar surface area (TPSA) is 51.6 Å². The second-order valence-electron chi connectivity index (χ2n) is 5.38. The predicted molar refractivity (Wildman–Crippen MR) is 71.2 cm³/mol. The van der Waals surface area contributed by atoms with Crippen LogP contribution in [0.5, 0.6) is 0 Å². The van der Waals surface area contributed by atoms with E-state index in [0.29, 0.717) is 12.6 Å². The lowest BCUT2D eigenvalue weighted by Gasteiger charge is -2.40. The summed E-state index contributed by atoms with van der Waals surface area (Å²) >= 11 is 0. The van der Waals surface area contributed by atoms with Crippen LogP contribution in [0.4, 0.5) is 0 Å². The molecule has 1 aromatic heterocycles. The van der Waals surface area contributed by atoms with Crippen LogP contribution in [0.3, 0.4) is 0 Å². The van der Waals surface area contributed by atoms with Crippen molar-refractivity contribution in [1.82, 2.24) is 4.90 Å². The highest BCUT2D eigenvalue weighted by atomic mass is 16.5. The number of hydrogen-bond acceptors (Lipinski definition) is 4. The molecule has 4 heteroatoms. The van der Waals surface area contributed by atoms with Gasteiger partial charge in [-0.1, -0.05) is 0 Å². The molecule has 18 heavy (non-hydrogen) atoms. The molecular weight excluding hydrogens is 228 g/mol. The first-order valence-corrected chi connectivity index (χ1v) is 6.68. The summed E-state index contributed by atoms with van der Waals surface area (Å²) in [5, 5.41) is 0. The van der Waals surface area contributed by atoms with Crippen molar-refractivity contribution >= 4 is 0 Å². The zero-order chi connectivity index (χ0) is 13.0. The third kappa shape index (κ3) is 3.13. The first-order chi connectivity index (χ1) is 8.69. The Morgan fingerprint density at radius 2 is 2.33 bits per heavy atom. The number of hydrogen-bond donors (Lipinski definition) is 1. The van der Waals surface area contributed by atoms with Gasteiger partial charge in [0.1, 0.15) is 5.76 Å². The Bertz CT molecular complexity index is 349. The van der Waals surface area contributed by atoms with Gasteiger partial charge in [0, 0.05) is 31.8 Å². The van der Waals surface area contributed by atoms with E-state index in [1.165, 1.54) is 12.8 Å². The summed E-state index contributed by atoms with van der Waals surface area (Å²) in [5.74, 6) is 1.01. The van der Waals surface area contributed by atoms with Crippen LogP contribution in [-0.2, 0) is 11.3 Å². The molecule has 4 nitrogen and oxygen atoms in total. The first-order valence-electron chi connectivity index (χ1n) is 6.68. The van der Waals surface area contributed by atoms with E-state index in [9.17, 15) is 0 Å². The molecule has 1 aliphatic rings. The minimum Gasteiger partial charge on any atom is -0.468 e. The molecule has 0 radical (unpaired) electrons. The van der Waals surface area contributed by atoms with E-state index in [-0.39, 0.29) is 5.54 Å². The van der Waals surface area contributed by atoms with Gasteiger partial charge >= 0.3 is 0 Å².